The first kappa shape index (κ1) is 19.1. The van der Waals surface area contributed by atoms with Gasteiger partial charge >= 0.3 is 0 Å². The van der Waals surface area contributed by atoms with Crippen molar-refractivity contribution >= 4 is 10.1 Å². The Kier molecular flexibility index (Phi) is 7.03. The molecule has 0 saturated heterocycles. The number of unbranched alkanes of at least 4 members (excludes halogenated alkanes) is 1. The maximum atomic E-state index is 12.2. The normalized spacial score (nSPS) is 16.2. The van der Waals surface area contributed by atoms with Crippen LogP contribution in [0.3, 0.4) is 0 Å². The lowest BCUT2D eigenvalue weighted by molar-refractivity contribution is -0.0418. The van der Waals surface area contributed by atoms with Crippen molar-refractivity contribution in [1.29, 1.82) is 0 Å². The monoisotopic (exact) mass is 328 g/mol. The van der Waals surface area contributed by atoms with E-state index in [0.29, 0.717) is 0 Å². The van der Waals surface area contributed by atoms with E-state index in [4.69, 9.17) is 4.18 Å². The lowest BCUT2D eigenvalue weighted by Gasteiger charge is -2.31. The van der Waals surface area contributed by atoms with Crippen LogP contribution in [-0.2, 0) is 14.3 Å². The quantitative estimate of drug-likeness (QED) is 0.703. The molecule has 1 rings (SSSR count). The molecule has 0 heterocycles. The number of benzene rings is 1. The molecule has 0 aliphatic rings. The molecule has 0 radical (unpaired) electrons. The third-order valence-corrected chi connectivity index (χ3v) is 5.37. The van der Waals surface area contributed by atoms with Crippen molar-refractivity contribution in [2.45, 2.75) is 63.9 Å². The average molecular weight is 328 g/mol. The van der Waals surface area contributed by atoms with Crippen molar-refractivity contribution in [3.63, 3.8) is 0 Å². The molecule has 5 heteroatoms. The van der Waals surface area contributed by atoms with Crippen molar-refractivity contribution < 1.29 is 17.7 Å². The van der Waals surface area contributed by atoms with E-state index in [-0.39, 0.29) is 17.4 Å². The zero-order valence-corrected chi connectivity index (χ0v) is 14.8. The summed E-state index contributed by atoms with van der Waals surface area (Å²) in [5, 5.41) is 10.6. The molecule has 0 bridgehead atoms. The van der Waals surface area contributed by atoms with E-state index in [1.165, 1.54) is 12.1 Å². The molecular formula is C17H28O4S. The predicted octanol–water partition coefficient (Wildman–Crippen LogP) is 3.67. The van der Waals surface area contributed by atoms with E-state index < -0.39 is 15.7 Å². The fourth-order valence-electron chi connectivity index (χ4n) is 2.49. The summed E-state index contributed by atoms with van der Waals surface area (Å²) < 4.78 is 29.5. The number of aliphatic hydroxyl groups is 1. The van der Waals surface area contributed by atoms with E-state index in [1.54, 1.807) is 19.1 Å². The molecule has 0 fully saturated rings. The van der Waals surface area contributed by atoms with Gasteiger partial charge in [-0.1, -0.05) is 50.8 Å². The summed E-state index contributed by atoms with van der Waals surface area (Å²) in [6.07, 6.45) is 3.73. The Hall–Kier alpha value is -0.910. The molecule has 4 nitrogen and oxygen atoms in total. The van der Waals surface area contributed by atoms with Gasteiger partial charge in [0.05, 0.1) is 17.1 Å². The minimum Gasteiger partial charge on any atom is -0.387 e. The van der Waals surface area contributed by atoms with Crippen LogP contribution in [0.15, 0.2) is 29.2 Å². The minimum absolute atomic E-state index is 0.0284. The molecule has 1 aromatic rings. The first-order valence-corrected chi connectivity index (χ1v) is 9.32. The van der Waals surface area contributed by atoms with Crippen LogP contribution in [-0.4, -0.2) is 25.7 Å². The van der Waals surface area contributed by atoms with Gasteiger partial charge in [-0.3, -0.25) is 4.18 Å². The molecule has 0 saturated carbocycles. The SMILES string of the molecule is CCCC[C@H](CC)[C@@](C)(O)COS(=O)(=O)c1ccc(C)cc1. The predicted molar refractivity (Wildman–Crippen MR) is 88.2 cm³/mol. The lowest BCUT2D eigenvalue weighted by Crippen LogP contribution is -2.40. The van der Waals surface area contributed by atoms with Gasteiger partial charge in [0.1, 0.15) is 0 Å². The fraction of sp³-hybridized carbons (Fsp3) is 0.647. The summed E-state index contributed by atoms with van der Waals surface area (Å²) in [5.74, 6) is 0.0284. The fourth-order valence-corrected chi connectivity index (χ4v) is 3.49. The van der Waals surface area contributed by atoms with E-state index in [9.17, 15) is 13.5 Å². The van der Waals surface area contributed by atoms with Gasteiger partial charge in [0.15, 0.2) is 0 Å². The molecule has 126 valence electrons. The molecule has 1 aromatic carbocycles. The Balaban J connectivity index is 2.75. The van der Waals surface area contributed by atoms with Crippen molar-refractivity contribution in [2.24, 2.45) is 5.92 Å². The zero-order valence-electron chi connectivity index (χ0n) is 14.0. The van der Waals surface area contributed by atoms with Crippen molar-refractivity contribution in [2.75, 3.05) is 6.61 Å². The summed E-state index contributed by atoms with van der Waals surface area (Å²) in [7, 11) is -3.83. The van der Waals surface area contributed by atoms with Gasteiger partial charge in [0.25, 0.3) is 10.1 Å². The van der Waals surface area contributed by atoms with Crippen LogP contribution < -0.4 is 0 Å². The maximum absolute atomic E-state index is 12.2. The van der Waals surface area contributed by atoms with E-state index in [0.717, 1.165) is 31.2 Å². The van der Waals surface area contributed by atoms with E-state index >= 15 is 0 Å². The highest BCUT2D eigenvalue weighted by atomic mass is 32.2. The van der Waals surface area contributed by atoms with Crippen LogP contribution in [0, 0.1) is 12.8 Å². The van der Waals surface area contributed by atoms with Crippen LogP contribution in [0.2, 0.25) is 0 Å². The second-order valence-electron chi connectivity index (χ2n) is 6.13. The third kappa shape index (κ3) is 5.38. The van der Waals surface area contributed by atoms with Gasteiger partial charge in [-0.25, -0.2) is 0 Å². The van der Waals surface area contributed by atoms with Crippen molar-refractivity contribution in [3.8, 4) is 0 Å². The Labute approximate surface area is 134 Å². The number of rotatable bonds is 9. The summed E-state index contributed by atoms with van der Waals surface area (Å²) in [5.41, 5.74) is -0.168. The third-order valence-electron chi connectivity index (χ3n) is 4.09. The van der Waals surface area contributed by atoms with Crippen LogP contribution >= 0.6 is 0 Å². The van der Waals surface area contributed by atoms with Gasteiger partial charge in [0, 0.05) is 0 Å². The largest absolute Gasteiger partial charge is 0.387 e. The summed E-state index contributed by atoms with van der Waals surface area (Å²) in [4.78, 5) is 0.121. The highest BCUT2D eigenvalue weighted by Crippen LogP contribution is 2.27. The smallest absolute Gasteiger partial charge is 0.297 e. The van der Waals surface area contributed by atoms with Crippen LogP contribution in [0.4, 0.5) is 0 Å². The molecule has 0 aliphatic heterocycles. The van der Waals surface area contributed by atoms with E-state index in [2.05, 4.69) is 6.92 Å². The van der Waals surface area contributed by atoms with E-state index in [1.807, 2.05) is 13.8 Å². The molecule has 0 spiro atoms. The summed E-state index contributed by atoms with van der Waals surface area (Å²) in [6, 6.07) is 6.50. The van der Waals surface area contributed by atoms with Crippen LogP contribution in [0.1, 0.15) is 52.0 Å². The minimum atomic E-state index is -3.83. The lowest BCUT2D eigenvalue weighted by atomic mass is 9.84. The molecule has 1 N–H and O–H groups in total. The molecule has 0 aliphatic carbocycles. The van der Waals surface area contributed by atoms with Gasteiger partial charge < -0.3 is 5.11 Å². The highest BCUT2D eigenvalue weighted by molar-refractivity contribution is 7.86. The van der Waals surface area contributed by atoms with Gasteiger partial charge in [-0.05, 0) is 38.3 Å². The first-order valence-electron chi connectivity index (χ1n) is 7.91. The van der Waals surface area contributed by atoms with Gasteiger partial charge in [0.2, 0.25) is 0 Å². The van der Waals surface area contributed by atoms with Gasteiger partial charge in [-0.2, -0.15) is 8.42 Å². The number of aryl methyl sites for hydroxylation is 1. The number of hydrogen-bond acceptors (Lipinski definition) is 4. The molecule has 0 aromatic heterocycles. The first-order chi connectivity index (χ1) is 10.2. The number of hydrogen-bond donors (Lipinski definition) is 1. The van der Waals surface area contributed by atoms with Crippen molar-refractivity contribution in [3.05, 3.63) is 29.8 Å². The molecule has 0 unspecified atom stereocenters. The Morgan fingerprint density at radius 2 is 1.82 bits per heavy atom. The summed E-state index contributed by atoms with van der Waals surface area (Å²) >= 11 is 0. The highest BCUT2D eigenvalue weighted by Gasteiger charge is 2.32. The van der Waals surface area contributed by atoms with Gasteiger partial charge in [-0.15, -0.1) is 0 Å². The molecule has 0 amide bonds. The Morgan fingerprint density at radius 1 is 1.23 bits per heavy atom. The zero-order chi connectivity index (χ0) is 16.8. The Morgan fingerprint density at radius 3 is 2.32 bits per heavy atom. The average Bonchev–Trinajstić information content (AvgIpc) is 2.46. The van der Waals surface area contributed by atoms with Crippen molar-refractivity contribution in [1.82, 2.24) is 0 Å². The summed E-state index contributed by atoms with van der Waals surface area (Å²) in [6.45, 7) is 7.43. The second-order valence-corrected chi connectivity index (χ2v) is 7.75. The standard InChI is InChI=1S/C17H28O4S/c1-5-7-8-15(6-2)17(4,18)13-21-22(19,20)16-11-9-14(3)10-12-16/h9-12,15,18H,5-8,13H2,1-4H3/t15-,17-/m0/s1. The molecule has 2 atom stereocenters. The van der Waals surface area contributed by atoms with Crippen LogP contribution in [0.5, 0.6) is 0 Å². The maximum Gasteiger partial charge on any atom is 0.297 e. The second kappa shape index (κ2) is 8.09. The Bertz CT molecular complexity index is 547. The topological polar surface area (TPSA) is 63.6 Å². The molecule has 22 heavy (non-hydrogen) atoms. The molecular weight excluding hydrogens is 300 g/mol. The van der Waals surface area contributed by atoms with Crippen LogP contribution in [0.25, 0.3) is 0 Å².